The van der Waals surface area contributed by atoms with E-state index in [9.17, 15) is 13.5 Å². The number of pyridine rings is 1. The third-order valence-corrected chi connectivity index (χ3v) is 7.60. The first-order chi connectivity index (χ1) is 14.4. The molecule has 0 radical (unpaired) electrons. The number of hydrogen-bond donors (Lipinski definition) is 1. The maximum atomic E-state index is 11.7. The number of β-amino-alcohol motifs (C(OH)–C–C–N with tert-alkyl or cyclic N) is 1. The van der Waals surface area contributed by atoms with E-state index in [1.165, 1.54) is 6.26 Å². The molecule has 3 heterocycles. The van der Waals surface area contributed by atoms with Gasteiger partial charge in [0.05, 0.1) is 22.4 Å². The number of hydrogen-bond acceptors (Lipinski definition) is 6. The highest BCUT2D eigenvalue weighted by atomic mass is 32.2. The molecule has 1 saturated heterocycles. The van der Waals surface area contributed by atoms with Gasteiger partial charge < -0.3 is 14.7 Å². The molecular formula is C24H32N2O4S. The minimum Gasteiger partial charge on any atom is -0.485 e. The zero-order valence-electron chi connectivity index (χ0n) is 18.8. The van der Waals surface area contributed by atoms with E-state index in [2.05, 4.69) is 22.9 Å². The zero-order chi connectivity index (χ0) is 22.4. The molecule has 1 unspecified atom stereocenters. The van der Waals surface area contributed by atoms with Gasteiger partial charge in [0.25, 0.3) is 0 Å². The molecule has 0 saturated carbocycles. The molecule has 7 heteroatoms. The fourth-order valence-corrected chi connectivity index (χ4v) is 5.52. The van der Waals surface area contributed by atoms with Crippen LogP contribution in [-0.4, -0.2) is 60.5 Å². The summed E-state index contributed by atoms with van der Waals surface area (Å²) in [5.41, 5.74) is 1.95. The standard InChI is InChI=1S/C24H32N2O4S/c1-23(2,27)16-26-11-9-19(10-12-26)24(3)14-18-13-21(25-15-22(18)30-24)17-5-7-20(8-6-17)31(4,28)29/h5-8,13,15,19,27H,9-12,14,16H2,1-4H3. The molecule has 1 fully saturated rings. The predicted molar refractivity (Wildman–Crippen MR) is 121 cm³/mol. The van der Waals surface area contributed by atoms with Crippen LogP contribution in [0.25, 0.3) is 11.3 Å². The molecular weight excluding hydrogens is 412 g/mol. The molecule has 168 valence electrons. The Bertz CT molecular complexity index is 1050. The molecule has 0 amide bonds. The summed E-state index contributed by atoms with van der Waals surface area (Å²) in [6, 6.07) is 8.93. The zero-order valence-corrected chi connectivity index (χ0v) is 19.6. The number of aliphatic hydroxyl groups is 1. The molecule has 2 aromatic rings. The highest BCUT2D eigenvalue weighted by Gasteiger charge is 2.43. The van der Waals surface area contributed by atoms with Gasteiger partial charge in [-0.3, -0.25) is 4.98 Å². The minimum atomic E-state index is -3.21. The first-order valence-corrected chi connectivity index (χ1v) is 12.8. The van der Waals surface area contributed by atoms with Crippen molar-refractivity contribution >= 4 is 9.84 Å². The van der Waals surface area contributed by atoms with Crippen molar-refractivity contribution in [1.82, 2.24) is 9.88 Å². The predicted octanol–water partition coefficient (Wildman–Crippen LogP) is 3.33. The SMILES string of the molecule is CC(C)(O)CN1CCC(C2(C)Cc3cc(-c4ccc(S(C)(=O)=O)cc4)ncc3O2)CC1. The number of fused-ring (bicyclic) bond motifs is 1. The molecule has 1 aromatic heterocycles. The van der Waals surface area contributed by atoms with Gasteiger partial charge in [0.15, 0.2) is 9.84 Å². The lowest BCUT2D eigenvalue weighted by Gasteiger charge is -2.41. The van der Waals surface area contributed by atoms with Crippen LogP contribution in [0, 0.1) is 5.92 Å². The molecule has 2 aliphatic heterocycles. The summed E-state index contributed by atoms with van der Waals surface area (Å²) in [5, 5.41) is 10.1. The number of rotatable bonds is 5. The number of piperidine rings is 1. The smallest absolute Gasteiger partial charge is 0.175 e. The Morgan fingerprint density at radius 3 is 2.45 bits per heavy atom. The van der Waals surface area contributed by atoms with E-state index >= 15 is 0 Å². The number of nitrogens with zero attached hydrogens (tertiary/aromatic N) is 2. The van der Waals surface area contributed by atoms with E-state index < -0.39 is 15.4 Å². The van der Waals surface area contributed by atoms with Crippen LogP contribution in [-0.2, 0) is 16.3 Å². The number of aromatic nitrogens is 1. The summed E-state index contributed by atoms with van der Waals surface area (Å²) in [7, 11) is -3.21. The lowest BCUT2D eigenvalue weighted by Crippen LogP contribution is -2.49. The van der Waals surface area contributed by atoms with Gasteiger partial charge >= 0.3 is 0 Å². The van der Waals surface area contributed by atoms with E-state index in [1.807, 2.05) is 13.8 Å². The second kappa shape index (κ2) is 7.87. The van der Waals surface area contributed by atoms with Gasteiger partial charge in [0, 0.05) is 36.3 Å². The molecule has 0 spiro atoms. The monoisotopic (exact) mass is 444 g/mol. The van der Waals surface area contributed by atoms with E-state index in [-0.39, 0.29) is 5.60 Å². The van der Waals surface area contributed by atoms with Crippen molar-refractivity contribution in [3.05, 3.63) is 42.1 Å². The Labute approximate surface area is 185 Å². The van der Waals surface area contributed by atoms with Crippen molar-refractivity contribution in [2.24, 2.45) is 5.92 Å². The normalized spacial score (nSPS) is 22.9. The van der Waals surface area contributed by atoms with Crippen LogP contribution in [0.1, 0.15) is 39.2 Å². The van der Waals surface area contributed by atoms with Crippen molar-refractivity contribution in [3.8, 4) is 17.0 Å². The first kappa shape index (κ1) is 22.2. The maximum absolute atomic E-state index is 11.7. The minimum absolute atomic E-state index is 0.246. The van der Waals surface area contributed by atoms with Crippen LogP contribution < -0.4 is 4.74 Å². The number of benzene rings is 1. The van der Waals surface area contributed by atoms with E-state index in [1.54, 1.807) is 30.5 Å². The number of ether oxygens (including phenoxy) is 1. The lowest BCUT2D eigenvalue weighted by molar-refractivity contribution is -0.0130. The molecule has 6 nitrogen and oxygen atoms in total. The summed E-state index contributed by atoms with van der Waals surface area (Å²) in [4.78, 5) is 7.21. The summed E-state index contributed by atoms with van der Waals surface area (Å²) >= 11 is 0. The van der Waals surface area contributed by atoms with Gasteiger partial charge in [0.2, 0.25) is 0 Å². The maximum Gasteiger partial charge on any atom is 0.175 e. The molecule has 4 rings (SSSR count). The Kier molecular flexibility index (Phi) is 5.65. The van der Waals surface area contributed by atoms with Crippen molar-refractivity contribution in [2.45, 2.75) is 56.1 Å². The molecule has 0 bridgehead atoms. The third kappa shape index (κ3) is 4.94. The highest BCUT2D eigenvalue weighted by Crippen LogP contribution is 2.43. The Hall–Kier alpha value is -1.96. The van der Waals surface area contributed by atoms with Crippen molar-refractivity contribution in [2.75, 3.05) is 25.9 Å². The molecule has 1 N–H and O–H groups in total. The van der Waals surface area contributed by atoms with Gasteiger partial charge in [0.1, 0.15) is 11.4 Å². The lowest BCUT2D eigenvalue weighted by atomic mass is 9.79. The Morgan fingerprint density at radius 1 is 1.23 bits per heavy atom. The second-order valence-electron chi connectivity index (χ2n) is 9.93. The van der Waals surface area contributed by atoms with Gasteiger partial charge in [-0.25, -0.2) is 8.42 Å². The first-order valence-electron chi connectivity index (χ1n) is 10.9. The molecule has 2 aliphatic rings. The van der Waals surface area contributed by atoms with Crippen molar-refractivity contribution in [1.29, 1.82) is 0 Å². The quantitative estimate of drug-likeness (QED) is 0.762. The van der Waals surface area contributed by atoms with Crippen LogP contribution in [0.4, 0.5) is 0 Å². The van der Waals surface area contributed by atoms with Gasteiger partial charge in [-0.05, 0) is 64.9 Å². The summed E-state index contributed by atoms with van der Waals surface area (Å²) < 4.78 is 29.8. The van der Waals surface area contributed by atoms with Crippen molar-refractivity contribution < 1.29 is 18.3 Å². The van der Waals surface area contributed by atoms with E-state index in [4.69, 9.17) is 4.74 Å². The average Bonchev–Trinajstić information content (AvgIpc) is 3.03. The highest BCUT2D eigenvalue weighted by molar-refractivity contribution is 7.90. The summed E-state index contributed by atoms with van der Waals surface area (Å²) in [5.74, 6) is 1.30. The largest absolute Gasteiger partial charge is 0.485 e. The number of likely N-dealkylation sites (tertiary alicyclic amines) is 1. The van der Waals surface area contributed by atoms with Gasteiger partial charge in [-0.2, -0.15) is 0 Å². The Balaban J connectivity index is 1.46. The second-order valence-corrected chi connectivity index (χ2v) is 11.9. The Morgan fingerprint density at radius 2 is 1.87 bits per heavy atom. The van der Waals surface area contributed by atoms with Crippen LogP contribution in [0.3, 0.4) is 0 Å². The van der Waals surface area contributed by atoms with Crippen molar-refractivity contribution in [3.63, 3.8) is 0 Å². The molecule has 31 heavy (non-hydrogen) atoms. The summed E-state index contributed by atoms with van der Waals surface area (Å²) in [6.07, 6.45) is 5.95. The van der Waals surface area contributed by atoms with Gasteiger partial charge in [-0.1, -0.05) is 12.1 Å². The third-order valence-electron chi connectivity index (χ3n) is 6.47. The average molecular weight is 445 g/mol. The van der Waals surface area contributed by atoms with Crippen LogP contribution >= 0.6 is 0 Å². The van der Waals surface area contributed by atoms with E-state index in [0.717, 1.165) is 54.9 Å². The van der Waals surface area contributed by atoms with Crippen LogP contribution in [0.15, 0.2) is 41.4 Å². The van der Waals surface area contributed by atoms with Gasteiger partial charge in [-0.15, -0.1) is 0 Å². The van der Waals surface area contributed by atoms with Crippen LogP contribution in [0.5, 0.6) is 5.75 Å². The molecule has 1 aromatic carbocycles. The topological polar surface area (TPSA) is 79.7 Å². The fraction of sp³-hybridized carbons (Fsp3) is 0.542. The molecule has 0 aliphatic carbocycles. The van der Waals surface area contributed by atoms with E-state index in [0.29, 0.717) is 17.4 Å². The fourth-order valence-electron chi connectivity index (χ4n) is 4.89. The summed E-state index contributed by atoms with van der Waals surface area (Å²) in [6.45, 7) is 8.56. The molecule has 1 atom stereocenters. The van der Waals surface area contributed by atoms with Crippen LogP contribution in [0.2, 0.25) is 0 Å². The number of sulfone groups is 1.